The molecule has 3 aromatic rings. The van der Waals surface area contributed by atoms with Crippen molar-refractivity contribution >= 4 is 17.1 Å². The van der Waals surface area contributed by atoms with Crippen molar-refractivity contribution in [2.24, 2.45) is 14.1 Å². The molecule has 0 radical (unpaired) electrons. The molecule has 0 spiro atoms. The number of nitro groups is 1. The number of hydrogen-bond acceptors (Lipinski definition) is 6. The first kappa shape index (κ1) is 17.3. The maximum Gasteiger partial charge on any atom is 0.437 e. The maximum absolute atomic E-state index is 13.6. The van der Waals surface area contributed by atoms with Gasteiger partial charge in [0.15, 0.2) is 11.6 Å². The minimum absolute atomic E-state index is 0.00179. The van der Waals surface area contributed by atoms with Crippen molar-refractivity contribution in [1.82, 2.24) is 18.7 Å². The topological polar surface area (TPSA) is 114 Å². The number of para-hydroxylation sites is 1. The highest BCUT2D eigenvalue weighted by molar-refractivity contribution is 5.72. The van der Waals surface area contributed by atoms with E-state index in [1.165, 1.54) is 32.3 Å². The normalized spacial score (nSPS) is 11.0. The van der Waals surface area contributed by atoms with Crippen LogP contribution in [0, 0.1) is 15.9 Å². The fourth-order valence-corrected chi connectivity index (χ4v) is 2.63. The van der Waals surface area contributed by atoms with Crippen molar-refractivity contribution in [3.63, 3.8) is 0 Å². The number of rotatable bonds is 5. The minimum atomic E-state index is -0.757. The Morgan fingerprint density at radius 2 is 1.92 bits per heavy atom. The van der Waals surface area contributed by atoms with Crippen LogP contribution in [0.2, 0.25) is 0 Å². The Labute approximate surface area is 144 Å². The second-order valence-electron chi connectivity index (χ2n) is 5.48. The molecule has 10 nitrogen and oxygen atoms in total. The summed E-state index contributed by atoms with van der Waals surface area (Å²) in [6, 6.07) is 5.72. The van der Waals surface area contributed by atoms with Crippen LogP contribution < -0.4 is 16.0 Å². The van der Waals surface area contributed by atoms with E-state index in [0.717, 1.165) is 13.7 Å². The highest BCUT2D eigenvalue weighted by atomic mass is 19.1. The molecule has 0 amide bonds. The second kappa shape index (κ2) is 6.43. The van der Waals surface area contributed by atoms with Crippen molar-refractivity contribution in [3.8, 4) is 5.75 Å². The molecular weight excluding hydrogens is 349 g/mol. The van der Waals surface area contributed by atoms with Gasteiger partial charge in [-0.2, -0.15) is 0 Å². The zero-order valence-electron chi connectivity index (χ0n) is 13.9. The molecule has 3 rings (SSSR count). The third-order valence-corrected chi connectivity index (χ3v) is 3.89. The molecule has 2 aromatic heterocycles. The molecule has 0 aliphatic rings. The zero-order valence-corrected chi connectivity index (χ0v) is 13.9. The van der Waals surface area contributed by atoms with E-state index < -0.39 is 27.9 Å². The number of hydrogen-bond donors (Lipinski definition) is 0. The first-order valence-electron chi connectivity index (χ1n) is 7.51. The van der Waals surface area contributed by atoms with Crippen LogP contribution in [-0.2, 0) is 20.6 Å². The van der Waals surface area contributed by atoms with Gasteiger partial charge in [0.2, 0.25) is 5.65 Å². The van der Waals surface area contributed by atoms with Gasteiger partial charge in [0, 0.05) is 14.1 Å². The third-order valence-electron chi connectivity index (χ3n) is 3.89. The van der Waals surface area contributed by atoms with E-state index in [1.54, 1.807) is 6.07 Å². The summed E-state index contributed by atoms with van der Waals surface area (Å²) in [6.07, 6.45) is 0. The first-order chi connectivity index (χ1) is 12.3. The molecule has 11 heteroatoms. The number of fused-ring (bicyclic) bond motifs is 1. The van der Waals surface area contributed by atoms with Crippen LogP contribution in [0.5, 0.6) is 5.75 Å². The van der Waals surface area contributed by atoms with Gasteiger partial charge >= 0.3 is 17.2 Å². The molecule has 2 heterocycles. The van der Waals surface area contributed by atoms with Crippen LogP contribution in [0.4, 0.5) is 10.3 Å². The van der Waals surface area contributed by atoms with Crippen molar-refractivity contribution < 1.29 is 14.1 Å². The molecule has 1 aromatic carbocycles. The van der Waals surface area contributed by atoms with Gasteiger partial charge in [-0.3, -0.25) is 13.9 Å². The number of benzene rings is 1. The highest BCUT2D eigenvalue weighted by Crippen LogP contribution is 2.19. The van der Waals surface area contributed by atoms with E-state index in [0.29, 0.717) is 0 Å². The van der Waals surface area contributed by atoms with E-state index in [2.05, 4.69) is 4.98 Å². The number of aromatic nitrogens is 4. The van der Waals surface area contributed by atoms with E-state index in [1.807, 2.05) is 0 Å². The average Bonchev–Trinajstić information content (AvgIpc) is 3.00. The van der Waals surface area contributed by atoms with Gasteiger partial charge in [-0.1, -0.05) is 17.1 Å². The zero-order chi connectivity index (χ0) is 19.0. The molecule has 0 N–H and O–H groups in total. The third kappa shape index (κ3) is 2.72. The van der Waals surface area contributed by atoms with Gasteiger partial charge in [0.05, 0.1) is 0 Å². The van der Waals surface area contributed by atoms with Crippen LogP contribution in [0.25, 0.3) is 11.2 Å². The Morgan fingerprint density at radius 3 is 2.58 bits per heavy atom. The van der Waals surface area contributed by atoms with Gasteiger partial charge in [-0.05, 0) is 17.1 Å². The molecule has 0 aliphatic carbocycles. The minimum Gasteiger partial charge on any atom is -0.487 e. The smallest absolute Gasteiger partial charge is 0.437 e. The summed E-state index contributed by atoms with van der Waals surface area (Å²) >= 11 is 0. The number of halogens is 1. The molecule has 0 aliphatic heterocycles. The molecule has 0 unspecified atom stereocenters. The van der Waals surface area contributed by atoms with Gasteiger partial charge < -0.3 is 14.9 Å². The molecule has 0 fully saturated rings. The molecule has 26 heavy (non-hydrogen) atoms. The monoisotopic (exact) mass is 363 g/mol. The van der Waals surface area contributed by atoms with Crippen molar-refractivity contribution in [2.75, 3.05) is 6.61 Å². The molecule has 0 saturated heterocycles. The Balaban J connectivity index is 2.05. The Morgan fingerprint density at radius 1 is 1.23 bits per heavy atom. The lowest BCUT2D eigenvalue weighted by Gasteiger charge is -2.08. The number of nitrogens with zero attached hydrogens (tertiary/aromatic N) is 5. The number of imidazole rings is 1. The summed E-state index contributed by atoms with van der Waals surface area (Å²) in [5.41, 5.74) is -1.58. The van der Waals surface area contributed by atoms with Crippen molar-refractivity contribution in [2.45, 2.75) is 6.54 Å². The van der Waals surface area contributed by atoms with Gasteiger partial charge in [0.1, 0.15) is 13.2 Å². The molecule has 0 saturated carbocycles. The van der Waals surface area contributed by atoms with Gasteiger partial charge in [-0.25, -0.2) is 13.8 Å². The van der Waals surface area contributed by atoms with Crippen molar-refractivity contribution in [3.05, 3.63) is 61.0 Å². The summed E-state index contributed by atoms with van der Waals surface area (Å²) in [5.74, 6) is -1.18. The first-order valence-corrected chi connectivity index (χ1v) is 7.51. The van der Waals surface area contributed by atoms with Crippen LogP contribution in [0.1, 0.15) is 0 Å². The summed E-state index contributed by atoms with van der Waals surface area (Å²) in [5, 5.41) is 11.3. The summed E-state index contributed by atoms with van der Waals surface area (Å²) in [6.45, 7) is -0.238. The van der Waals surface area contributed by atoms with Crippen LogP contribution in [0.3, 0.4) is 0 Å². The predicted octanol–water partition coefficient (Wildman–Crippen LogP) is 0.560. The predicted molar refractivity (Wildman–Crippen MR) is 88.8 cm³/mol. The number of ether oxygens (including phenoxy) is 1. The van der Waals surface area contributed by atoms with Crippen LogP contribution in [0.15, 0.2) is 33.9 Å². The lowest BCUT2D eigenvalue weighted by Crippen LogP contribution is -2.37. The fraction of sp³-hybridized carbons (Fsp3) is 0.267. The lowest BCUT2D eigenvalue weighted by atomic mass is 10.3. The summed E-state index contributed by atoms with van der Waals surface area (Å²) < 4.78 is 21.9. The number of aryl methyl sites for hydroxylation is 1. The van der Waals surface area contributed by atoms with Crippen LogP contribution >= 0.6 is 0 Å². The van der Waals surface area contributed by atoms with Crippen molar-refractivity contribution in [1.29, 1.82) is 0 Å². The standard InChI is InChI=1S/C15H14FN5O5/c1-18-12-11(13(22)19(2)15(18)23)17-14(21(24)25)20(12)7-8-26-10-6-4-3-5-9(10)16/h3-6H,7-8H2,1-2H3. The maximum atomic E-state index is 13.6. The SMILES string of the molecule is Cn1c(=O)c2nc([N+](=O)[O-])n(CCOc3ccccc3F)c2n(C)c1=O. The fourth-order valence-electron chi connectivity index (χ4n) is 2.63. The quantitative estimate of drug-likeness (QED) is 0.483. The summed E-state index contributed by atoms with van der Waals surface area (Å²) in [7, 11) is 2.64. The largest absolute Gasteiger partial charge is 0.487 e. The summed E-state index contributed by atoms with van der Waals surface area (Å²) in [4.78, 5) is 38.6. The lowest BCUT2D eigenvalue weighted by molar-refractivity contribution is -0.396. The molecular formula is C15H14FN5O5. The van der Waals surface area contributed by atoms with E-state index in [9.17, 15) is 24.1 Å². The Bertz CT molecular complexity index is 1130. The molecule has 136 valence electrons. The Kier molecular flexibility index (Phi) is 4.28. The van der Waals surface area contributed by atoms with E-state index in [4.69, 9.17) is 4.74 Å². The Hall–Kier alpha value is -3.50. The molecule has 0 bridgehead atoms. The van der Waals surface area contributed by atoms with Gasteiger partial charge in [-0.15, -0.1) is 0 Å². The van der Waals surface area contributed by atoms with Gasteiger partial charge in [0.25, 0.3) is 5.52 Å². The average molecular weight is 363 g/mol. The van der Waals surface area contributed by atoms with E-state index >= 15 is 0 Å². The highest BCUT2D eigenvalue weighted by Gasteiger charge is 2.27. The molecule has 0 atom stereocenters. The van der Waals surface area contributed by atoms with E-state index in [-0.39, 0.29) is 30.1 Å². The second-order valence-corrected chi connectivity index (χ2v) is 5.48. The van der Waals surface area contributed by atoms with Crippen LogP contribution in [-0.4, -0.2) is 30.2 Å².